The molecule has 0 bridgehead atoms. The van der Waals surface area contributed by atoms with Crippen molar-refractivity contribution in [3.05, 3.63) is 29.8 Å². The van der Waals surface area contributed by atoms with Gasteiger partial charge < -0.3 is 10.0 Å². The molecule has 110 valence electrons. The molecule has 0 aliphatic heterocycles. The van der Waals surface area contributed by atoms with Gasteiger partial charge in [0.2, 0.25) is 5.16 Å². The van der Waals surface area contributed by atoms with Gasteiger partial charge in [0.05, 0.1) is 6.04 Å². The summed E-state index contributed by atoms with van der Waals surface area (Å²) in [5.74, 6) is 0.612. The first-order valence-corrected chi connectivity index (χ1v) is 8.09. The quantitative estimate of drug-likeness (QED) is 0.627. The van der Waals surface area contributed by atoms with Crippen LogP contribution in [0.2, 0.25) is 0 Å². The number of tetrazole rings is 1. The summed E-state index contributed by atoms with van der Waals surface area (Å²) >= 11 is 1.53. The number of benzene rings is 1. The van der Waals surface area contributed by atoms with Crippen molar-refractivity contribution in [3.8, 4) is 0 Å². The van der Waals surface area contributed by atoms with Crippen molar-refractivity contribution < 1.29 is 10.0 Å². The SMILES string of the molecule is OB(O)c1ccccc1CSc1nnnn1C1CCCC1. The van der Waals surface area contributed by atoms with Crippen LogP contribution in [0.15, 0.2) is 29.4 Å². The summed E-state index contributed by atoms with van der Waals surface area (Å²) in [6, 6.07) is 7.71. The monoisotopic (exact) mass is 304 g/mol. The molecule has 1 aliphatic carbocycles. The predicted molar refractivity (Wildman–Crippen MR) is 81.2 cm³/mol. The third kappa shape index (κ3) is 3.28. The molecule has 8 heteroatoms. The van der Waals surface area contributed by atoms with Crippen molar-refractivity contribution in [2.45, 2.75) is 42.6 Å². The molecule has 1 aliphatic rings. The fourth-order valence-corrected chi connectivity index (χ4v) is 3.68. The fraction of sp³-hybridized carbons (Fsp3) is 0.462. The first-order chi connectivity index (χ1) is 10.3. The molecular formula is C13H17BN4O2S. The highest BCUT2D eigenvalue weighted by atomic mass is 32.2. The van der Waals surface area contributed by atoms with Crippen LogP contribution in [0.5, 0.6) is 0 Å². The van der Waals surface area contributed by atoms with E-state index in [2.05, 4.69) is 15.5 Å². The third-order valence-corrected chi connectivity index (χ3v) is 4.81. The van der Waals surface area contributed by atoms with Gasteiger partial charge in [-0.2, -0.15) is 0 Å². The van der Waals surface area contributed by atoms with Gasteiger partial charge >= 0.3 is 7.12 Å². The Bertz CT molecular complexity index is 601. The molecule has 1 fully saturated rings. The van der Waals surface area contributed by atoms with Crippen molar-refractivity contribution in [3.63, 3.8) is 0 Å². The number of hydrogen-bond acceptors (Lipinski definition) is 6. The Labute approximate surface area is 127 Å². The molecule has 2 N–H and O–H groups in total. The van der Waals surface area contributed by atoms with Crippen LogP contribution in [0.4, 0.5) is 0 Å². The zero-order valence-electron chi connectivity index (χ0n) is 11.6. The third-order valence-electron chi connectivity index (χ3n) is 3.82. The summed E-state index contributed by atoms with van der Waals surface area (Å²) in [5.41, 5.74) is 1.42. The van der Waals surface area contributed by atoms with Crippen molar-refractivity contribution >= 4 is 24.3 Å². The molecule has 2 aromatic rings. The number of hydrogen-bond donors (Lipinski definition) is 2. The van der Waals surface area contributed by atoms with Crippen LogP contribution >= 0.6 is 11.8 Å². The molecule has 0 spiro atoms. The van der Waals surface area contributed by atoms with Crippen molar-refractivity contribution in [2.24, 2.45) is 0 Å². The zero-order valence-corrected chi connectivity index (χ0v) is 12.4. The van der Waals surface area contributed by atoms with E-state index in [1.54, 1.807) is 12.1 Å². The van der Waals surface area contributed by atoms with Gasteiger partial charge in [-0.15, -0.1) is 5.10 Å². The highest BCUT2D eigenvalue weighted by Crippen LogP contribution is 2.32. The molecule has 21 heavy (non-hydrogen) atoms. The summed E-state index contributed by atoms with van der Waals surface area (Å²) in [5, 5.41) is 31.5. The van der Waals surface area contributed by atoms with Gasteiger partial charge in [-0.25, -0.2) is 4.68 Å². The molecule has 0 saturated heterocycles. The molecule has 3 rings (SSSR count). The predicted octanol–water partition coefficient (Wildman–Crippen LogP) is 0.760. The second-order valence-electron chi connectivity index (χ2n) is 5.21. The van der Waals surface area contributed by atoms with Crippen molar-refractivity contribution in [2.75, 3.05) is 0 Å². The van der Waals surface area contributed by atoms with Gasteiger partial charge in [0, 0.05) is 5.75 Å². The van der Waals surface area contributed by atoms with E-state index in [0.29, 0.717) is 17.3 Å². The highest BCUT2D eigenvalue weighted by molar-refractivity contribution is 7.98. The fourth-order valence-electron chi connectivity index (χ4n) is 2.72. The molecule has 1 aromatic heterocycles. The van der Waals surface area contributed by atoms with E-state index >= 15 is 0 Å². The average Bonchev–Trinajstić information content (AvgIpc) is 3.16. The molecular weight excluding hydrogens is 287 g/mol. The normalized spacial score (nSPS) is 15.5. The molecule has 1 heterocycles. The zero-order chi connectivity index (χ0) is 14.7. The van der Waals surface area contributed by atoms with Crippen molar-refractivity contribution in [1.82, 2.24) is 20.2 Å². The lowest BCUT2D eigenvalue weighted by atomic mass is 9.77. The van der Waals surface area contributed by atoms with Gasteiger partial charge in [0.15, 0.2) is 0 Å². The molecule has 0 unspecified atom stereocenters. The number of rotatable bonds is 5. The Morgan fingerprint density at radius 3 is 2.76 bits per heavy atom. The number of aromatic nitrogens is 4. The van der Waals surface area contributed by atoms with Crippen molar-refractivity contribution in [1.29, 1.82) is 0 Å². The van der Waals surface area contributed by atoms with E-state index in [1.807, 2.05) is 16.8 Å². The molecule has 0 amide bonds. The summed E-state index contributed by atoms with van der Waals surface area (Å²) < 4.78 is 1.91. The maximum atomic E-state index is 9.39. The summed E-state index contributed by atoms with van der Waals surface area (Å²) in [4.78, 5) is 0. The lowest BCUT2D eigenvalue weighted by Gasteiger charge is -2.11. The van der Waals surface area contributed by atoms with Crippen LogP contribution in [0.3, 0.4) is 0 Å². The molecule has 0 atom stereocenters. The minimum absolute atomic E-state index is 0.404. The van der Waals surface area contributed by atoms with Crippen LogP contribution in [0, 0.1) is 0 Å². The maximum Gasteiger partial charge on any atom is 0.488 e. The smallest absolute Gasteiger partial charge is 0.423 e. The van der Waals surface area contributed by atoms with E-state index in [-0.39, 0.29) is 0 Å². The molecule has 1 aromatic carbocycles. The minimum Gasteiger partial charge on any atom is -0.423 e. The van der Waals surface area contributed by atoms with E-state index < -0.39 is 7.12 Å². The highest BCUT2D eigenvalue weighted by Gasteiger charge is 2.22. The summed E-state index contributed by atoms with van der Waals surface area (Å²) in [6.07, 6.45) is 4.72. The maximum absolute atomic E-state index is 9.39. The van der Waals surface area contributed by atoms with Crippen LogP contribution in [0.25, 0.3) is 0 Å². The van der Waals surface area contributed by atoms with E-state index in [4.69, 9.17) is 0 Å². The average molecular weight is 304 g/mol. The summed E-state index contributed by atoms with van der Waals surface area (Å²) in [6.45, 7) is 0. The van der Waals surface area contributed by atoms with E-state index in [0.717, 1.165) is 23.6 Å². The first kappa shape index (κ1) is 14.6. The largest absolute Gasteiger partial charge is 0.488 e. The number of nitrogens with zero attached hydrogens (tertiary/aromatic N) is 4. The Hall–Kier alpha value is -1.38. The lowest BCUT2D eigenvalue weighted by Crippen LogP contribution is -2.32. The summed E-state index contributed by atoms with van der Waals surface area (Å²) in [7, 11) is -1.45. The number of thioether (sulfide) groups is 1. The van der Waals surface area contributed by atoms with Crippen LogP contribution < -0.4 is 5.46 Å². The van der Waals surface area contributed by atoms with Crippen LogP contribution in [-0.2, 0) is 5.75 Å². The Kier molecular flexibility index (Phi) is 4.57. The van der Waals surface area contributed by atoms with E-state index in [9.17, 15) is 10.0 Å². The second-order valence-corrected chi connectivity index (χ2v) is 6.15. The Balaban J connectivity index is 1.72. The first-order valence-electron chi connectivity index (χ1n) is 7.10. The molecule has 1 saturated carbocycles. The second kappa shape index (κ2) is 6.59. The van der Waals surface area contributed by atoms with Crippen LogP contribution in [0.1, 0.15) is 37.3 Å². The van der Waals surface area contributed by atoms with Gasteiger partial charge in [-0.05, 0) is 34.3 Å². The Morgan fingerprint density at radius 1 is 1.24 bits per heavy atom. The van der Waals surface area contributed by atoms with Crippen LogP contribution in [-0.4, -0.2) is 37.4 Å². The molecule has 0 radical (unpaired) electrons. The Morgan fingerprint density at radius 2 is 2.00 bits per heavy atom. The lowest BCUT2D eigenvalue weighted by molar-refractivity contribution is 0.423. The van der Waals surface area contributed by atoms with Gasteiger partial charge in [-0.1, -0.05) is 48.9 Å². The molecule has 6 nitrogen and oxygen atoms in total. The van der Waals surface area contributed by atoms with E-state index in [1.165, 1.54) is 24.6 Å². The topological polar surface area (TPSA) is 84.1 Å². The minimum atomic E-state index is -1.45. The standard InChI is InChI=1S/C13H17BN4O2S/c19-14(20)12-8-4-1-5-10(12)9-21-13-15-16-17-18(13)11-6-2-3-7-11/h1,4-5,8,11,19-20H,2-3,6-7,9H2. The van der Waals surface area contributed by atoms with Gasteiger partial charge in [-0.3, -0.25) is 0 Å². The van der Waals surface area contributed by atoms with Gasteiger partial charge in [0.1, 0.15) is 0 Å². The van der Waals surface area contributed by atoms with Gasteiger partial charge in [0.25, 0.3) is 0 Å².